The molecule has 0 saturated heterocycles. The van der Waals surface area contributed by atoms with E-state index in [4.69, 9.17) is 10.3 Å². The van der Waals surface area contributed by atoms with Crippen LogP contribution in [0.25, 0.3) is 11.5 Å². The lowest BCUT2D eigenvalue weighted by atomic mass is 9.98. The molecule has 0 spiro atoms. The molecule has 0 radical (unpaired) electrons. The zero-order valence-electron chi connectivity index (χ0n) is 19.9. The highest BCUT2D eigenvalue weighted by molar-refractivity contribution is 5.54. The summed E-state index contributed by atoms with van der Waals surface area (Å²) >= 11 is 0. The van der Waals surface area contributed by atoms with Gasteiger partial charge in [0, 0.05) is 18.0 Å². The van der Waals surface area contributed by atoms with Crippen LogP contribution >= 0.6 is 0 Å². The molecular weight excluding hydrogens is 413 g/mol. The van der Waals surface area contributed by atoms with Gasteiger partial charge < -0.3 is 10.3 Å². The SMILES string of the molecule is CCCCCCCCCCCc1noc(-c2cccc(C(N)CCc3ccccc3F)c2)n1. The summed E-state index contributed by atoms with van der Waals surface area (Å²) in [4.78, 5) is 4.59. The van der Waals surface area contributed by atoms with Crippen molar-refractivity contribution in [3.63, 3.8) is 0 Å². The van der Waals surface area contributed by atoms with E-state index in [1.165, 1.54) is 57.4 Å². The van der Waals surface area contributed by atoms with E-state index in [0.29, 0.717) is 24.3 Å². The third kappa shape index (κ3) is 8.39. The summed E-state index contributed by atoms with van der Waals surface area (Å²) < 4.78 is 19.4. The monoisotopic (exact) mass is 451 g/mol. The molecule has 3 rings (SSSR count). The van der Waals surface area contributed by atoms with Crippen LogP contribution in [-0.2, 0) is 12.8 Å². The molecule has 178 valence electrons. The first kappa shape index (κ1) is 25.1. The van der Waals surface area contributed by atoms with Crippen molar-refractivity contribution in [3.8, 4) is 11.5 Å². The third-order valence-corrected chi connectivity index (χ3v) is 6.22. The van der Waals surface area contributed by atoms with E-state index in [0.717, 1.165) is 29.8 Å². The normalized spacial score (nSPS) is 12.2. The van der Waals surface area contributed by atoms with Crippen LogP contribution in [-0.4, -0.2) is 10.1 Å². The van der Waals surface area contributed by atoms with Crippen LogP contribution in [0.2, 0.25) is 0 Å². The molecule has 4 nitrogen and oxygen atoms in total. The molecule has 0 fully saturated rings. The highest BCUT2D eigenvalue weighted by Gasteiger charge is 2.13. The van der Waals surface area contributed by atoms with Crippen molar-refractivity contribution in [1.82, 2.24) is 10.1 Å². The predicted octanol–water partition coefficient (Wildman–Crippen LogP) is 7.58. The highest BCUT2D eigenvalue weighted by Crippen LogP contribution is 2.24. The fourth-order valence-electron chi connectivity index (χ4n) is 4.15. The summed E-state index contributed by atoms with van der Waals surface area (Å²) in [5.74, 6) is 1.12. The number of hydrogen-bond donors (Lipinski definition) is 1. The Balaban J connectivity index is 1.44. The minimum absolute atomic E-state index is 0.177. The molecule has 0 aliphatic rings. The number of halogens is 1. The quantitative estimate of drug-likeness (QED) is 0.242. The van der Waals surface area contributed by atoms with Crippen molar-refractivity contribution in [2.45, 2.75) is 90.0 Å². The Kier molecular flexibility index (Phi) is 10.6. The van der Waals surface area contributed by atoms with Crippen molar-refractivity contribution < 1.29 is 8.91 Å². The van der Waals surface area contributed by atoms with Crippen LogP contribution in [0.4, 0.5) is 4.39 Å². The van der Waals surface area contributed by atoms with Crippen molar-refractivity contribution in [1.29, 1.82) is 0 Å². The van der Waals surface area contributed by atoms with Crippen molar-refractivity contribution in [3.05, 3.63) is 71.3 Å². The smallest absolute Gasteiger partial charge is 0.257 e. The molecule has 1 heterocycles. The number of nitrogens with two attached hydrogens (primary N) is 1. The van der Waals surface area contributed by atoms with Crippen LogP contribution in [0.1, 0.15) is 94.1 Å². The van der Waals surface area contributed by atoms with E-state index in [9.17, 15) is 4.39 Å². The highest BCUT2D eigenvalue weighted by atomic mass is 19.1. The largest absolute Gasteiger partial charge is 0.334 e. The van der Waals surface area contributed by atoms with Gasteiger partial charge in [0.25, 0.3) is 5.89 Å². The summed E-state index contributed by atoms with van der Waals surface area (Å²) in [6.45, 7) is 2.26. The first-order chi connectivity index (χ1) is 16.2. The minimum Gasteiger partial charge on any atom is -0.334 e. The van der Waals surface area contributed by atoms with Gasteiger partial charge in [-0.1, -0.05) is 93.8 Å². The molecule has 3 aromatic rings. The molecule has 0 aliphatic carbocycles. The average Bonchev–Trinajstić information content (AvgIpc) is 3.31. The summed E-state index contributed by atoms with van der Waals surface area (Å²) in [5.41, 5.74) is 8.96. The fourth-order valence-corrected chi connectivity index (χ4v) is 4.15. The van der Waals surface area contributed by atoms with E-state index >= 15 is 0 Å². The second-order valence-corrected chi connectivity index (χ2v) is 8.96. The Labute approximate surface area is 197 Å². The summed E-state index contributed by atoms with van der Waals surface area (Å²) in [6, 6.07) is 14.6. The second kappa shape index (κ2) is 13.9. The molecule has 33 heavy (non-hydrogen) atoms. The first-order valence-electron chi connectivity index (χ1n) is 12.6. The maximum absolute atomic E-state index is 13.9. The van der Waals surface area contributed by atoms with Gasteiger partial charge >= 0.3 is 0 Å². The van der Waals surface area contributed by atoms with E-state index < -0.39 is 0 Å². The molecule has 2 N–H and O–H groups in total. The van der Waals surface area contributed by atoms with Crippen molar-refractivity contribution in [2.24, 2.45) is 5.73 Å². The van der Waals surface area contributed by atoms with Gasteiger partial charge in [-0.3, -0.25) is 0 Å². The van der Waals surface area contributed by atoms with Gasteiger partial charge in [-0.05, 0) is 48.6 Å². The minimum atomic E-state index is -0.186. The zero-order chi connectivity index (χ0) is 23.3. The van der Waals surface area contributed by atoms with E-state index in [1.54, 1.807) is 6.07 Å². The number of hydrogen-bond acceptors (Lipinski definition) is 4. The fraction of sp³-hybridized carbons (Fsp3) is 0.500. The number of aryl methyl sites for hydroxylation is 2. The van der Waals surface area contributed by atoms with Gasteiger partial charge in [0.05, 0.1) is 0 Å². The van der Waals surface area contributed by atoms with Crippen LogP contribution in [0.15, 0.2) is 53.1 Å². The van der Waals surface area contributed by atoms with Gasteiger partial charge in [-0.15, -0.1) is 0 Å². The Morgan fingerprint density at radius 1 is 0.879 bits per heavy atom. The summed E-state index contributed by atoms with van der Waals surface area (Å²) in [6.07, 6.45) is 13.8. The molecule has 0 saturated carbocycles. The second-order valence-electron chi connectivity index (χ2n) is 8.96. The molecule has 0 aliphatic heterocycles. The lowest BCUT2D eigenvalue weighted by molar-refractivity contribution is 0.420. The molecule has 1 atom stereocenters. The Hall–Kier alpha value is -2.53. The molecule has 5 heteroatoms. The van der Waals surface area contributed by atoms with Gasteiger partial charge in [-0.25, -0.2) is 4.39 Å². The lowest BCUT2D eigenvalue weighted by Gasteiger charge is -2.13. The molecule has 2 aromatic carbocycles. The summed E-state index contributed by atoms with van der Waals surface area (Å²) in [7, 11) is 0. The maximum atomic E-state index is 13.9. The van der Waals surface area contributed by atoms with E-state index in [2.05, 4.69) is 17.1 Å². The van der Waals surface area contributed by atoms with Crippen LogP contribution < -0.4 is 5.73 Å². The van der Waals surface area contributed by atoms with Gasteiger partial charge in [-0.2, -0.15) is 4.98 Å². The van der Waals surface area contributed by atoms with Gasteiger partial charge in [0.15, 0.2) is 5.82 Å². The Bertz CT molecular complexity index is 956. The molecule has 1 unspecified atom stereocenters. The van der Waals surface area contributed by atoms with Gasteiger partial charge in [0.1, 0.15) is 5.82 Å². The Morgan fingerprint density at radius 3 is 2.36 bits per heavy atom. The van der Waals surface area contributed by atoms with Crippen molar-refractivity contribution in [2.75, 3.05) is 0 Å². The standard InChI is InChI=1S/C28H38FN3O/c1-2-3-4-5-6-7-8-9-10-18-27-31-28(33-32-27)24-16-13-15-23(21-24)26(30)20-19-22-14-11-12-17-25(22)29/h11-17,21,26H,2-10,18-20,30H2,1H3. The number of aromatic nitrogens is 2. The third-order valence-electron chi connectivity index (χ3n) is 6.22. The van der Waals surface area contributed by atoms with E-state index in [-0.39, 0.29) is 11.9 Å². The van der Waals surface area contributed by atoms with Crippen molar-refractivity contribution >= 4 is 0 Å². The number of nitrogens with zero attached hydrogens (tertiary/aromatic N) is 2. The first-order valence-corrected chi connectivity index (χ1v) is 12.6. The predicted molar refractivity (Wildman–Crippen MR) is 132 cm³/mol. The number of unbranched alkanes of at least 4 members (excludes halogenated alkanes) is 8. The lowest BCUT2D eigenvalue weighted by Crippen LogP contribution is -2.11. The van der Waals surface area contributed by atoms with Crippen LogP contribution in [0.3, 0.4) is 0 Å². The van der Waals surface area contributed by atoms with E-state index in [1.807, 2.05) is 36.4 Å². The zero-order valence-corrected chi connectivity index (χ0v) is 19.9. The average molecular weight is 452 g/mol. The topological polar surface area (TPSA) is 64.9 Å². The van der Waals surface area contributed by atoms with Crippen LogP contribution in [0.5, 0.6) is 0 Å². The number of rotatable bonds is 15. The van der Waals surface area contributed by atoms with Gasteiger partial charge in [0.2, 0.25) is 0 Å². The molecule has 1 aromatic heterocycles. The molecule has 0 bridgehead atoms. The molecule has 0 amide bonds. The van der Waals surface area contributed by atoms with Crippen LogP contribution in [0, 0.1) is 5.82 Å². The molecular formula is C28H38FN3O. The Morgan fingerprint density at radius 2 is 1.61 bits per heavy atom. The number of benzene rings is 2. The maximum Gasteiger partial charge on any atom is 0.257 e. The summed E-state index contributed by atoms with van der Waals surface area (Å²) in [5, 5.41) is 4.16.